The third-order valence-corrected chi connectivity index (χ3v) is 19.5. The zero-order valence-corrected chi connectivity index (χ0v) is 62.2. The Kier molecular flexibility index (Phi) is 28.1. The van der Waals surface area contributed by atoms with Crippen LogP contribution in [0.2, 0.25) is 0 Å². The Balaban J connectivity index is 0.000000192. The SMILES string of the molecule is CC1(C)OC[C@H]2O[C@@H](OCC(OCc3ccccc3)C(OCc3ccccc3)C(COCc3ccc4ccccc4c3)OCc3ccccc3)C(O)(O)C2O1.CC1(C)OC[C@H]2O[C@@H](OCC(OCc3ccccc3)C(OCc3ccccc3)C(COCc3ccc4ccccc4c3)OCc3ccccc3)[C@@H](O)C2O1. The van der Waals surface area contributed by atoms with Gasteiger partial charge in [0.2, 0.25) is 12.1 Å². The van der Waals surface area contributed by atoms with Crippen molar-refractivity contribution in [3.63, 3.8) is 0 Å². The van der Waals surface area contributed by atoms with Crippen molar-refractivity contribution in [2.24, 2.45) is 0 Å². The first-order valence-electron chi connectivity index (χ1n) is 37.5. The van der Waals surface area contributed by atoms with Gasteiger partial charge in [0.25, 0.3) is 0 Å². The molecule has 13 atom stereocenters. The van der Waals surface area contributed by atoms with E-state index in [2.05, 4.69) is 60.7 Å². The predicted octanol–water partition coefficient (Wildman–Crippen LogP) is 14.1. The molecule has 8 unspecified atom stereocenters. The number of benzene rings is 10. The molecule has 4 saturated heterocycles. The van der Waals surface area contributed by atoms with Gasteiger partial charge in [-0.1, -0.05) is 255 Å². The highest BCUT2D eigenvalue weighted by Gasteiger charge is 2.61. The smallest absolute Gasteiger partial charge is 0.245 e. The summed E-state index contributed by atoms with van der Waals surface area (Å²) >= 11 is 0. The minimum Gasteiger partial charge on any atom is -0.385 e. The molecule has 0 saturated carbocycles. The van der Waals surface area contributed by atoms with Crippen LogP contribution in [-0.4, -0.2) is 152 Å². The van der Waals surface area contributed by atoms with E-state index in [4.69, 9.17) is 75.8 Å². The molecule has 0 aromatic heterocycles. The van der Waals surface area contributed by atoms with Crippen LogP contribution in [0.15, 0.2) is 267 Å². The van der Waals surface area contributed by atoms with Crippen LogP contribution in [-0.2, 0) is 129 Å². The molecule has 4 aliphatic rings. The molecule has 109 heavy (non-hydrogen) atoms. The van der Waals surface area contributed by atoms with Gasteiger partial charge < -0.3 is 91.1 Å². The number of hydrogen-bond acceptors (Lipinski definition) is 19. The summed E-state index contributed by atoms with van der Waals surface area (Å²) in [5.41, 5.74) is 7.99. The largest absolute Gasteiger partial charge is 0.385 e. The highest BCUT2D eigenvalue weighted by atomic mass is 16.8. The molecule has 0 aliphatic carbocycles. The molecule has 4 aliphatic heterocycles. The first-order chi connectivity index (χ1) is 53.1. The number of aliphatic hydroxyl groups excluding tert-OH is 1. The van der Waals surface area contributed by atoms with E-state index in [-0.39, 0.29) is 52.9 Å². The molecule has 19 heteroatoms. The molecular formula is C90H100O19. The third kappa shape index (κ3) is 22.6. The normalized spacial score (nSPS) is 22.1. The van der Waals surface area contributed by atoms with Crippen molar-refractivity contribution in [2.45, 2.75) is 178 Å². The Morgan fingerprint density at radius 2 is 0.688 bits per heavy atom. The highest BCUT2D eigenvalue weighted by molar-refractivity contribution is 5.83. The van der Waals surface area contributed by atoms with E-state index in [1.807, 2.05) is 220 Å². The fourth-order valence-electron chi connectivity index (χ4n) is 13.7. The van der Waals surface area contributed by atoms with Crippen molar-refractivity contribution < 1.29 is 91.1 Å². The maximum atomic E-state index is 11.3. The number of rotatable bonds is 36. The first kappa shape index (κ1) is 79.1. The lowest BCUT2D eigenvalue weighted by atomic mass is 10.1. The van der Waals surface area contributed by atoms with E-state index in [1.165, 1.54) is 5.39 Å². The first-order valence-corrected chi connectivity index (χ1v) is 37.5. The van der Waals surface area contributed by atoms with E-state index in [1.54, 1.807) is 13.8 Å². The summed E-state index contributed by atoms with van der Waals surface area (Å²) in [6.07, 6.45) is -10.4. The molecule has 14 rings (SSSR count). The molecule has 4 fully saturated rings. The Hall–Kier alpha value is -8.04. The van der Waals surface area contributed by atoms with Crippen LogP contribution in [0.5, 0.6) is 0 Å². The van der Waals surface area contributed by atoms with Gasteiger partial charge in [0.15, 0.2) is 17.9 Å². The summed E-state index contributed by atoms with van der Waals surface area (Å²) in [6, 6.07) is 88.7. The molecule has 0 spiro atoms. The van der Waals surface area contributed by atoms with Gasteiger partial charge in [-0.05, 0) is 106 Å². The maximum Gasteiger partial charge on any atom is 0.245 e. The van der Waals surface area contributed by atoms with Gasteiger partial charge in [-0.25, -0.2) is 0 Å². The average molecular weight is 1490 g/mol. The number of ether oxygens (including phenoxy) is 16. The second-order valence-electron chi connectivity index (χ2n) is 28.8. The van der Waals surface area contributed by atoms with Crippen molar-refractivity contribution in [2.75, 3.05) is 39.6 Å². The van der Waals surface area contributed by atoms with Crippen LogP contribution in [0.1, 0.15) is 72.2 Å². The van der Waals surface area contributed by atoms with Crippen molar-refractivity contribution >= 4 is 21.5 Å². The molecule has 10 aromatic rings. The Labute approximate surface area is 638 Å². The number of aliphatic hydroxyl groups is 3. The van der Waals surface area contributed by atoms with E-state index < -0.39 is 97.1 Å². The summed E-state index contributed by atoms with van der Waals surface area (Å²) in [6.45, 7) is 10.2. The van der Waals surface area contributed by atoms with Gasteiger partial charge in [0.05, 0.1) is 92.5 Å². The molecule has 4 heterocycles. The molecule has 574 valence electrons. The predicted molar refractivity (Wildman–Crippen MR) is 410 cm³/mol. The lowest BCUT2D eigenvalue weighted by Gasteiger charge is -2.39. The third-order valence-electron chi connectivity index (χ3n) is 19.5. The molecule has 0 amide bonds. The maximum absolute atomic E-state index is 11.3. The minimum absolute atomic E-state index is 0.0353. The van der Waals surface area contributed by atoms with Crippen molar-refractivity contribution in [3.05, 3.63) is 311 Å². The summed E-state index contributed by atoms with van der Waals surface area (Å²) in [7, 11) is 0. The molecule has 10 aromatic carbocycles. The van der Waals surface area contributed by atoms with Gasteiger partial charge in [-0.3, -0.25) is 0 Å². The fourth-order valence-corrected chi connectivity index (χ4v) is 13.7. The van der Waals surface area contributed by atoms with Gasteiger partial charge in [0.1, 0.15) is 67.1 Å². The minimum atomic E-state index is -2.46. The quantitative estimate of drug-likeness (QED) is 0.0312. The molecule has 0 radical (unpaired) electrons. The van der Waals surface area contributed by atoms with E-state index in [0.29, 0.717) is 39.6 Å². The van der Waals surface area contributed by atoms with Gasteiger partial charge in [-0.2, -0.15) is 0 Å². The van der Waals surface area contributed by atoms with Crippen molar-refractivity contribution in [3.8, 4) is 0 Å². The molecular weight excluding hydrogens is 1380 g/mol. The summed E-state index contributed by atoms with van der Waals surface area (Å²) in [5, 5.41) is 38.5. The number of fused-ring (bicyclic) bond motifs is 4. The lowest BCUT2D eigenvalue weighted by molar-refractivity contribution is -0.346. The van der Waals surface area contributed by atoms with Crippen LogP contribution >= 0.6 is 0 Å². The Morgan fingerprint density at radius 1 is 0.349 bits per heavy atom. The molecule has 3 N–H and O–H groups in total. The summed E-state index contributed by atoms with van der Waals surface area (Å²) < 4.78 is 101. The van der Waals surface area contributed by atoms with E-state index in [9.17, 15) is 15.3 Å². The fraction of sp³-hybridized carbons (Fsp3) is 0.378. The second-order valence-corrected chi connectivity index (χ2v) is 28.8. The van der Waals surface area contributed by atoms with Crippen molar-refractivity contribution in [1.82, 2.24) is 0 Å². The van der Waals surface area contributed by atoms with Crippen molar-refractivity contribution in [1.29, 1.82) is 0 Å². The van der Waals surface area contributed by atoms with Gasteiger partial charge in [0, 0.05) is 0 Å². The van der Waals surface area contributed by atoms with E-state index >= 15 is 0 Å². The topological polar surface area (TPSA) is 208 Å². The lowest BCUT2D eigenvalue weighted by Crippen LogP contribution is -2.57. The summed E-state index contributed by atoms with van der Waals surface area (Å²) in [5.74, 6) is -4.32. The highest BCUT2D eigenvalue weighted by Crippen LogP contribution is 2.40. The zero-order valence-electron chi connectivity index (χ0n) is 62.2. The molecule has 19 nitrogen and oxygen atoms in total. The van der Waals surface area contributed by atoms with Crippen LogP contribution in [0.3, 0.4) is 0 Å². The molecule has 0 bridgehead atoms. The van der Waals surface area contributed by atoms with Gasteiger partial charge >= 0.3 is 0 Å². The van der Waals surface area contributed by atoms with Crippen LogP contribution in [0, 0.1) is 0 Å². The monoisotopic (exact) mass is 1480 g/mol. The Morgan fingerprint density at radius 3 is 1.09 bits per heavy atom. The van der Waals surface area contributed by atoms with Gasteiger partial charge in [-0.15, -0.1) is 0 Å². The average Bonchev–Trinajstić information content (AvgIpc) is 1.62. The van der Waals surface area contributed by atoms with E-state index in [0.717, 1.165) is 60.7 Å². The zero-order chi connectivity index (χ0) is 75.3. The van der Waals surface area contributed by atoms with Crippen LogP contribution in [0.25, 0.3) is 21.5 Å². The Bertz CT molecular complexity index is 4310. The standard InChI is InChI=1S/C45H50O10.C45H50O9/c1-44(2)53-31-40-42(55-44)45(46,47)43(54-40)52-30-39(50-27-33-16-8-4-9-17-33)41(51-28-34-18-10-5-11-19-34)38(49-26-32-14-6-3-7-15-32)29-48-25-35-22-23-36-20-12-13-21-37(36)24-35;1-45(2)52-31-40-43(54-45)41(46)44(53-40)51-30-39(49-27-33-16-8-4-9-17-33)42(50-28-34-18-10-5-11-19-34)38(48-26-32-14-6-3-7-15-32)29-47-25-35-22-23-36-20-12-13-21-37(36)24-35/h3-24,38-43,46-47H,25-31H2,1-2H3;3-24,38-44,46H,25-31H2,1-2H3/t38?,39?,40-,41?,42?,43-;38?,39?,40-,41+,42?,43?,44-/m11/s1. The number of hydrogen-bond donors (Lipinski definition) is 3. The summed E-state index contributed by atoms with van der Waals surface area (Å²) in [4.78, 5) is 0. The van der Waals surface area contributed by atoms with Crippen LogP contribution < -0.4 is 0 Å². The second kappa shape index (κ2) is 38.7. The van der Waals surface area contributed by atoms with Crippen LogP contribution in [0.4, 0.5) is 0 Å².